The Hall–Kier alpha value is -2.52. The molecule has 3 nitrogen and oxygen atoms in total. The number of anilines is 1. The molecule has 1 amide bonds. The summed E-state index contributed by atoms with van der Waals surface area (Å²) in [4.78, 5) is 20.1. The van der Waals surface area contributed by atoms with Gasteiger partial charge in [0.2, 0.25) is 0 Å². The highest BCUT2D eigenvalue weighted by molar-refractivity contribution is 7.97. The molecule has 0 saturated carbocycles. The van der Waals surface area contributed by atoms with E-state index >= 15 is 0 Å². The van der Waals surface area contributed by atoms with Crippen LogP contribution in [-0.4, -0.2) is 23.1 Å². The van der Waals surface area contributed by atoms with Gasteiger partial charge in [0.25, 0.3) is 5.91 Å². The molecule has 33 heavy (non-hydrogen) atoms. The molecule has 6 heteroatoms. The summed E-state index contributed by atoms with van der Waals surface area (Å²) in [6.45, 7) is 0.628. The number of pyridine rings is 1. The Labute approximate surface area is 210 Å². The van der Waals surface area contributed by atoms with E-state index < -0.39 is 7.26 Å². The topological polar surface area (TPSA) is 33.2 Å². The minimum Gasteiger partial charge on any atom is -1.00 e. The van der Waals surface area contributed by atoms with Crippen molar-refractivity contribution in [3.05, 3.63) is 114 Å². The Bertz CT molecular complexity index is 1130. The van der Waals surface area contributed by atoms with Gasteiger partial charge >= 0.3 is 0 Å². The molecule has 0 bridgehead atoms. The molecule has 1 aromatic heterocycles. The van der Waals surface area contributed by atoms with Gasteiger partial charge in [0.05, 0.1) is 5.69 Å². The van der Waals surface area contributed by atoms with Crippen LogP contribution in [0, 0.1) is 0 Å². The van der Waals surface area contributed by atoms with Crippen LogP contribution in [0.25, 0.3) is 0 Å². The Morgan fingerprint density at radius 2 is 1.24 bits per heavy atom. The highest BCUT2D eigenvalue weighted by atomic mass is 79.9. The van der Waals surface area contributed by atoms with Gasteiger partial charge in [-0.05, 0) is 48.5 Å². The van der Waals surface area contributed by atoms with Crippen LogP contribution >= 0.6 is 18.9 Å². The van der Waals surface area contributed by atoms with Gasteiger partial charge in [-0.25, -0.2) is 4.98 Å². The van der Waals surface area contributed by atoms with Crippen molar-refractivity contribution in [2.75, 3.05) is 11.4 Å². The minimum absolute atomic E-state index is 0. The monoisotopic (exact) mass is 536 g/mol. The summed E-state index contributed by atoms with van der Waals surface area (Å²) < 4.78 is 0. The summed E-state index contributed by atoms with van der Waals surface area (Å²) in [5.74, 6) is 0.116. The molecule has 0 spiro atoms. The molecule has 5 rings (SSSR count). The third-order valence-electron chi connectivity index (χ3n) is 6.17. The molecule has 1 atom stereocenters. The molecule has 0 aliphatic carbocycles. The second-order valence-electron chi connectivity index (χ2n) is 7.84. The number of carbonyl (C=O) groups excluding carboxylic acids is 1. The van der Waals surface area contributed by atoms with E-state index in [1.807, 2.05) is 35.2 Å². The van der Waals surface area contributed by atoms with Crippen LogP contribution in [0.3, 0.4) is 0 Å². The molecule has 0 radical (unpaired) electrons. The summed E-state index contributed by atoms with van der Waals surface area (Å²) >= 11 is 6.39. The van der Waals surface area contributed by atoms with Gasteiger partial charge < -0.3 is 21.9 Å². The fourth-order valence-electron chi connectivity index (χ4n) is 4.82. The number of halogens is 2. The Kier molecular flexibility index (Phi) is 7.29. The van der Waals surface area contributed by atoms with E-state index in [4.69, 9.17) is 11.6 Å². The number of carbonyl (C=O) groups is 1. The molecule has 3 aromatic carbocycles. The summed E-state index contributed by atoms with van der Waals surface area (Å²) in [5, 5.41) is 4.02. The van der Waals surface area contributed by atoms with Crippen molar-refractivity contribution in [2.24, 2.45) is 0 Å². The lowest BCUT2D eigenvalue weighted by Gasteiger charge is -2.32. The van der Waals surface area contributed by atoms with Crippen molar-refractivity contribution >= 4 is 46.4 Å². The predicted molar refractivity (Wildman–Crippen MR) is 135 cm³/mol. The SMILES string of the molecule is O=C1C([P+](c2ccccc2)(c2ccccc2)c2ccccc2)CCN1c1cccnc1Cl.[Br-]. The van der Waals surface area contributed by atoms with Crippen LogP contribution in [0.4, 0.5) is 5.69 Å². The van der Waals surface area contributed by atoms with Crippen LogP contribution in [0.1, 0.15) is 6.42 Å². The standard InChI is InChI=1S/C27H23ClN2OP.BrH/c28-26-24(17-10-19-29-26)30-20-18-25(27(30)31)32(21-11-4-1-5-12-21,22-13-6-2-7-14-22)23-15-8-3-9-16-23;/h1-17,19,25H,18,20H2;1H/q+1;/p-1. The van der Waals surface area contributed by atoms with Crippen molar-refractivity contribution in [1.82, 2.24) is 4.98 Å². The van der Waals surface area contributed by atoms with Gasteiger partial charge in [0.15, 0.2) is 10.8 Å². The molecule has 1 unspecified atom stereocenters. The first-order valence-electron chi connectivity index (χ1n) is 10.7. The average molecular weight is 538 g/mol. The number of aromatic nitrogens is 1. The minimum atomic E-state index is -2.28. The van der Waals surface area contributed by atoms with E-state index in [-0.39, 0.29) is 28.5 Å². The highest BCUT2D eigenvalue weighted by Gasteiger charge is 2.58. The molecule has 1 fully saturated rings. The third kappa shape index (κ3) is 4.12. The van der Waals surface area contributed by atoms with Crippen LogP contribution in [0.2, 0.25) is 5.15 Å². The molecule has 0 N–H and O–H groups in total. The van der Waals surface area contributed by atoms with Gasteiger partial charge in [-0.2, -0.15) is 0 Å². The molecule has 4 aromatic rings. The first-order chi connectivity index (χ1) is 15.7. The van der Waals surface area contributed by atoms with E-state index in [2.05, 4.69) is 77.8 Å². The van der Waals surface area contributed by atoms with Crippen molar-refractivity contribution in [3.63, 3.8) is 0 Å². The van der Waals surface area contributed by atoms with Crippen LogP contribution < -0.4 is 37.8 Å². The maximum atomic E-state index is 14.1. The number of amides is 1. The maximum Gasteiger partial charge on any atom is 0.269 e. The zero-order chi connectivity index (χ0) is 22.0. The quantitative estimate of drug-likeness (QED) is 0.288. The second-order valence-corrected chi connectivity index (χ2v) is 11.8. The van der Waals surface area contributed by atoms with E-state index in [1.165, 1.54) is 15.9 Å². The van der Waals surface area contributed by atoms with Gasteiger partial charge in [0.1, 0.15) is 23.2 Å². The van der Waals surface area contributed by atoms with E-state index in [0.717, 1.165) is 6.42 Å². The Balaban J connectivity index is 0.00000259. The third-order valence-corrected chi connectivity index (χ3v) is 11.2. The number of benzene rings is 3. The maximum absolute atomic E-state index is 14.1. The van der Waals surface area contributed by atoms with Crippen LogP contribution in [-0.2, 0) is 4.79 Å². The summed E-state index contributed by atoms with van der Waals surface area (Å²) in [5.41, 5.74) is 0.514. The van der Waals surface area contributed by atoms with Crippen LogP contribution in [0.15, 0.2) is 109 Å². The highest BCUT2D eigenvalue weighted by Crippen LogP contribution is 2.62. The Morgan fingerprint density at radius 1 is 0.758 bits per heavy atom. The largest absolute Gasteiger partial charge is 1.00 e. The lowest BCUT2D eigenvalue weighted by molar-refractivity contribution is -0.116. The number of hydrogen-bond acceptors (Lipinski definition) is 2. The number of hydrogen-bond donors (Lipinski definition) is 0. The normalized spacial score (nSPS) is 15.8. The summed E-state index contributed by atoms with van der Waals surface area (Å²) in [7, 11) is -2.28. The van der Waals surface area contributed by atoms with E-state index in [0.29, 0.717) is 17.4 Å². The average Bonchev–Trinajstić information content (AvgIpc) is 3.23. The van der Waals surface area contributed by atoms with Gasteiger partial charge in [-0.1, -0.05) is 66.2 Å². The Morgan fingerprint density at radius 3 is 1.70 bits per heavy atom. The lowest BCUT2D eigenvalue weighted by Crippen LogP contribution is -3.00. The van der Waals surface area contributed by atoms with Gasteiger partial charge in [0, 0.05) is 19.2 Å². The molecule has 1 saturated heterocycles. The van der Waals surface area contributed by atoms with E-state index in [1.54, 1.807) is 6.20 Å². The molecular formula is C27H23BrClN2OP. The zero-order valence-electron chi connectivity index (χ0n) is 17.9. The fourth-order valence-corrected chi connectivity index (χ4v) is 9.91. The van der Waals surface area contributed by atoms with Crippen LogP contribution in [0.5, 0.6) is 0 Å². The predicted octanol–water partition coefficient (Wildman–Crippen LogP) is 1.84. The van der Waals surface area contributed by atoms with E-state index in [9.17, 15) is 4.79 Å². The van der Waals surface area contributed by atoms with Crippen molar-refractivity contribution in [3.8, 4) is 0 Å². The lowest BCUT2D eigenvalue weighted by atomic mass is 10.3. The zero-order valence-corrected chi connectivity index (χ0v) is 21.1. The van der Waals surface area contributed by atoms with Crippen molar-refractivity contribution in [2.45, 2.75) is 12.1 Å². The summed E-state index contributed by atoms with van der Waals surface area (Å²) in [6.07, 6.45) is 2.41. The second kappa shape index (κ2) is 10.2. The first kappa shape index (κ1) is 23.6. The fraction of sp³-hybridized carbons (Fsp3) is 0.111. The van der Waals surface area contributed by atoms with Crippen molar-refractivity contribution < 1.29 is 21.8 Å². The smallest absolute Gasteiger partial charge is 0.269 e. The first-order valence-corrected chi connectivity index (χ1v) is 12.9. The molecular weight excluding hydrogens is 515 g/mol. The van der Waals surface area contributed by atoms with Gasteiger partial charge in [-0.15, -0.1) is 0 Å². The molecule has 1 aliphatic rings. The van der Waals surface area contributed by atoms with Gasteiger partial charge in [-0.3, -0.25) is 4.79 Å². The molecule has 2 heterocycles. The summed E-state index contributed by atoms with van der Waals surface area (Å²) in [6, 6.07) is 35.3. The molecule has 1 aliphatic heterocycles. The number of nitrogens with zero attached hydrogens (tertiary/aromatic N) is 2. The number of rotatable bonds is 5. The molecule has 166 valence electrons. The van der Waals surface area contributed by atoms with Crippen molar-refractivity contribution in [1.29, 1.82) is 0 Å².